The third-order valence-electron chi connectivity index (χ3n) is 3.96. The number of hydrogen-bond acceptors (Lipinski definition) is 5. The summed E-state index contributed by atoms with van der Waals surface area (Å²) in [6, 6.07) is 7.84. The van der Waals surface area contributed by atoms with Crippen LogP contribution in [0.2, 0.25) is 0 Å². The lowest BCUT2D eigenvalue weighted by Gasteiger charge is -2.29. The van der Waals surface area contributed by atoms with Gasteiger partial charge in [-0.15, -0.1) is 0 Å². The Morgan fingerprint density at radius 1 is 1.24 bits per heavy atom. The smallest absolute Gasteiger partial charge is 0.258 e. The van der Waals surface area contributed by atoms with E-state index in [2.05, 4.69) is 10.1 Å². The maximum absolute atomic E-state index is 8.93. The molecule has 1 atom stereocenters. The molecule has 1 aliphatic rings. The van der Waals surface area contributed by atoms with E-state index in [0.717, 1.165) is 37.0 Å². The quantitative estimate of drug-likeness (QED) is 0.936. The number of ether oxygens (including phenoxy) is 1. The van der Waals surface area contributed by atoms with Crippen molar-refractivity contribution in [2.75, 3.05) is 13.2 Å². The highest BCUT2D eigenvalue weighted by Gasteiger charge is 2.35. The standard InChI is InChI=1S/C16H20N2O3/c1-16(9-2-3-11-20-16)15-17-14(18-21-15)13-6-4-12(5-7-13)8-10-19/h4-7,19H,2-3,8-11H2,1H3. The van der Waals surface area contributed by atoms with Crippen molar-refractivity contribution in [1.29, 1.82) is 0 Å². The molecule has 2 heterocycles. The monoisotopic (exact) mass is 288 g/mol. The second-order valence-corrected chi connectivity index (χ2v) is 5.63. The van der Waals surface area contributed by atoms with Crippen LogP contribution in [0.3, 0.4) is 0 Å². The van der Waals surface area contributed by atoms with E-state index in [1.54, 1.807) is 0 Å². The van der Waals surface area contributed by atoms with Gasteiger partial charge in [-0.2, -0.15) is 4.98 Å². The summed E-state index contributed by atoms with van der Waals surface area (Å²) >= 11 is 0. The van der Waals surface area contributed by atoms with Crippen LogP contribution in [0.1, 0.15) is 37.6 Å². The molecule has 1 N–H and O–H groups in total. The summed E-state index contributed by atoms with van der Waals surface area (Å²) < 4.78 is 11.2. The number of aliphatic hydroxyl groups is 1. The first-order chi connectivity index (χ1) is 10.2. The Labute approximate surface area is 123 Å². The highest BCUT2D eigenvalue weighted by molar-refractivity contribution is 5.54. The average molecular weight is 288 g/mol. The Morgan fingerprint density at radius 2 is 2.05 bits per heavy atom. The fraction of sp³-hybridized carbons (Fsp3) is 0.500. The first-order valence-electron chi connectivity index (χ1n) is 7.40. The van der Waals surface area contributed by atoms with Gasteiger partial charge in [-0.05, 0) is 38.2 Å². The minimum atomic E-state index is -0.458. The molecule has 0 amide bonds. The molecule has 2 aromatic rings. The van der Waals surface area contributed by atoms with Gasteiger partial charge in [0.2, 0.25) is 5.82 Å². The number of aliphatic hydroxyl groups excluding tert-OH is 1. The summed E-state index contributed by atoms with van der Waals surface area (Å²) in [5.41, 5.74) is 1.54. The van der Waals surface area contributed by atoms with E-state index in [4.69, 9.17) is 14.4 Å². The van der Waals surface area contributed by atoms with Gasteiger partial charge in [0.05, 0.1) is 0 Å². The van der Waals surface area contributed by atoms with E-state index in [1.807, 2.05) is 31.2 Å². The van der Waals surface area contributed by atoms with Gasteiger partial charge in [0, 0.05) is 18.8 Å². The van der Waals surface area contributed by atoms with E-state index >= 15 is 0 Å². The van der Waals surface area contributed by atoms with Crippen molar-refractivity contribution in [3.05, 3.63) is 35.7 Å². The number of benzene rings is 1. The molecule has 1 aromatic carbocycles. The molecule has 21 heavy (non-hydrogen) atoms. The van der Waals surface area contributed by atoms with Crippen LogP contribution in [0.15, 0.2) is 28.8 Å². The fourth-order valence-electron chi connectivity index (χ4n) is 2.61. The Bertz CT molecular complexity index is 586. The van der Waals surface area contributed by atoms with Crippen LogP contribution in [0.4, 0.5) is 0 Å². The average Bonchev–Trinajstić information content (AvgIpc) is 3.00. The maximum atomic E-state index is 8.93. The largest absolute Gasteiger partial charge is 0.396 e. The summed E-state index contributed by atoms with van der Waals surface area (Å²) in [7, 11) is 0. The Balaban J connectivity index is 1.80. The summed E-state index contributed by atoms with van der Waals surface area (Å²) in [4.78, 5) is 4.50. The molecule has 5 nitrogen and oxygen atoms in total. The summed E-state index contributed by atoms with van der Waals surface area (Å²) in [5.74, 6) is 1.13. The Hall–Kier alpha value is -1.72. The molecular weight excluding hydrogens is 268 g/mol. The first kappa shape index (κ1) is 14.2. The van der Waals surface area contributed by atoms with E-state index in [0.29, 0.717) is 18.1 Å². The molecule has 5 heteroatoms. The van der Waals surface area contributed by atoms with Gasteiger partial charge >= 0.3 is 0 Å². The van der Waals surface area contributed by atoms with Crippen molar-refractivity contribution in [2.24, 2.45) is 0 Å². The zero-order valence-corrected chi connectivity index (χ0v) is 12.2. The van der Waals surface area contributed by atoms with E-state index in [9.17, 15) is 0 Å². The molecule has 112 valence electrons. The minimum Gasteiger partial charge on any atom is -0.396 e. The molecule has 1 fully saturated rings. The van der Waals surface area contributed by atoms with Crippen LogP contribution in [0, 0.1) is 0 Å². The Kier molecular flexibility index (Phi) is 4.03. The van der Waals surface area contributed by atoms with Crippen LogP contribution in [-0.2, 0) is 16.8 Å². The number of rotatable bonds is 4. The van der Waals surface area contributed by atoms with Crippen molar-refractivity contribution < 1.29 is 14.4 Å². The molecule has 0 saturated carbocycles. The molecule has 1 unspecified atom stereocenters. The highest BCUT2D eigenvalue weighted by Crippen LogP contribution is 2.34. The lowest BCUT2D eigenvalue weighted by molar-refractivity contribution is -0.0891. The number of aromatic nitrogens is 2. The summed E-state index contributed by atoms with van der Waals surface area (Å²) in [6.07, 6.45) is 3.76. The molecule has 0 spiro atoms. The van der Waals surface area contributed by atoms with Gasteiger partial charge in [-0.1, -0.05) is 29.4 Å². The maximum Gasteiger partial charge on any atom is 0.258 e. The third-order valence-corrected chi connectivity index (χ3v) is 3.96. The highest BCUT2D eigenvalue weighted by atomic mass is 16.5. The van der Waals surface area contributed by atoms with Crippen molar-refractivity contribution in [2.45, 2.75) is 38.2 Å². The van der Waals surface area contributed by atoms with Gasteiger partial charge in [-0.25, -0.2) is 0 Å². The molecule has 3 rings (SSSR count). The van der Waals surface area contributed by atoms with E-state index in [-0.39, 0.29) is 6.61 Å². The number of hydrogen-bond donors (Lipinski definition) is 1. The van der Waals surface area contributed by atoms with Gasteiger partial charge in [0.25, 0.3) is 5.89 Å². The lowest BCUT2D eigenvalue weighted by Crippen LogP contribution is -2.30. The van der Waals surface area contributed by atoms with E-state index < -0.39 is 5.60 Å². The molecule has 0 aliphatic carbocycles. The predicted octanol–water partition coefficient (Wildman–Crippen LogP) is 2.69. The minimum absolute atomic E-state index is 0.154. The molecule has 0 radical (unpaired) electrons. The van der Waals surface area contributed by atoms with Crippen molar-refractivity contribution >= 4 is 0 Å². The fourth-order valence-corrected chi connectivity index (χ4v) is 2.61. The SMILES string of the molecule is CC1(c2nc(-c3ccc(CCO)cc3)no2)CCCCO1. The van der Waals surface area contributed by atoms with Crippen LogP contribution >= 0.6 is 0 Å². The van der Waals surface area contributed by atoms with Crippen LogP contribution < -0.4 is 0 Å². The second kappa shape index (κ2) is 5.95. The zero-order valence-electron chi connectivity index (χ0n) is 12.2. The molecule has 0 bridgehead atoms. The first-order valence-corrected chi connectivity index (χ1v) is 7.40. The van der Waals surface area contributed by atoms with E-state index in [1.165, 1.54) is 0 Å². The van der Waals surface area contributed by atoms with Crippen molar-refractivity contribution in [3.8, 4) is 11.4 Å². The van der Waals surface area contributed by atoms with Gasteiger partial charge in [0.15, 0.2) is 0 Å². The molecule has 1 aliphatic heterocycles. The lowest BCUT2D eigenvalue weighted by atomic mass is 9.96. The van der Waals surface area contributed by atoms with Gasteiger partial charge in [-0.3, -0.25) is 0 Å². The molecule has 1 saturated heterocycles. The number of nitrogens with zero attached hydrogens (tertiary/aromatic N) is 2. The predicted molar refractivity (Wildman–Crippen MR) is 77.7 cm³/mol. The van der Waals surface area contributed by atoms with Crippen LogP contribution in [-0.4, -0.2) is 28.5 Å². The van der Waals surface area contributed by atoms with Crippen molar-refractivity contribution in [1.82, 2.24) is 10.1 Å². The molecule has 1 aromatic heterocycles. The summed E-state index contributed by atoms with van der Waals surface area (Å²) in [5, 5.41) is 13.0. The third kappa shape index (κ3) is 2.99. The Morgan fingerprint density at radius 3 is 2.71 bits per heavy atom. The normalized spacial score (nSPS) is 22.4. The topological polar surface area (TPSA) is 68.4 Å². The van der Waals surface area contributed by atoms with Gasteiger partial charge in [0.1, 0.15) is 5.60 Å². The second-order valence-electron chi connectivity index (χ2n) is 5.63. The summed E-state index contributed by atoms with van der Waals surface area (Å²) in [6.45, 7) is 2.90. The van der Waals surface area contributed by atoms with Crippen LogP contribution in [0.25, 0.3) is 11.4 Å². The zero-order chi connectivity index (χ0) is 14.7. The molecular formula is C16H20N2O3. The van der Waals surface area contributed by atoms with Gasteiger partial charge < -0.3 is 14.4 Å². The van der Waals surface area contributed by atoms with Crippen LogP contribution in [0.5, 0.6) is 0 Å². The van der Waals surface area contributed by atoms with Crippen molar-refractivity contribution in [3.63, 3.8) is 0 Å².